The lowest BCUT2D eigenvalue weighted by atomic mass is 9.86. The SMILES string of the molecule is CCCCCCSC1=NN2C(=c3ccccc3=N[C@H]2c2ccc(C(C)(C)C)cc2)C(=O)N1. The van der Waals surface area contributed by atoms with E-state index in [1.54, 1.807) is 11.8 Å². The van der Waals surface area contributed by atoms with Crippen LogP contribution in [0.25, 0.3) is 5.70 Å². The molecule has 168 valence electrons. The highest BCUT2D eigenvalue weighted by molar-refractivity contribution is 8.13. The molecule has 5 nitrogen and oxygen atoms in total. The van der Waals surface area contributed by atoms with Crippen LogP contribution in [0.15, 0.2) is 58.6 Å². The maximum absolute atomic E-state index is 13.2. The predicted molar refractivity (Wildman–Crippen MR) is 133 cm³/mol. The lowest BCUT2D eigenvalue weighted by Gasteiger charge is -2.34. The summed E-state index contributed by atoms with van der Waals surface area (Å²) in [6, 6.07) is 16.3. The molecule has 2 aromatic carbocycles. The van der Waals surface area contributed by atoms with E-state index in [1.165, 1.54) is 24.8 Å². The summed E-state index contributed by atoms with van der Waals surface area (Å²) in [5, 5.41) is 12.0. The summed E-state index contributed by atoms with van der Waals surface area (Å²) in [4.78, 5) is 18.2. The first-order valence-electron chi connectivity index (χ1n) is 11.5. The Morgan fingerprint density at radius 3 is 2.50 bits per heavy atom. The van der Waals surface area contributed by atoms with Crippen LogP contribution in [0.5, 0.6) is 0 Å². The molecular formula is C26H32N4OS. The van der Waals surface area contributed by atoms with Crippen LogP contribution in [0.1, 0.15) is 70.7 Å². The number of thioether (sulfide) groups is 1. The fraction of sp³-hybridized carbons (Fsp3) is 0.423. The number of amidine groups is 1. The van der Waals surface area contributed by atoms with Gasteiger partial charge in [0.15, 0.2) is 11.3 Å². The zero-order valence-corrected chi connectivity index (χ0v) is 20.2. The predicted octanol–water partition coefficient (Wildman–Crippen LogP) is 4.44. The van der Waals surface area contributed by atoms with E-state index < -0.39 is 0 Å². The first-order chi connectivity index (χ1) is 15.4. The van der Waals surface area contributed by atoms with Crippen molar-refractivity contribution in [3.05, 3.63) is 70.2 Å². The number of carbonyl (C=O) groups is 1. The number of hydrogen-bond donors (Lipinski definition) is 1. The molecule has 0 fully saturated rings. The number of hydrogen-bond acceptors (Lipinski definition) is 5. The molecule has 4 rings (SSSR count). The molecule has 0 aliphatic carbocycles. The van der Waals surface area contributed by atoms with Crippen LogP contribution in [0.4, 0.5) is 0 Å². The normalized spacial score (nSPS) is 17.8. The third kappa shape index (κ3) is 4.75. The van der Waals surface area contributed by atoms with Crippen molar-refractivity contribution in [3.63, 3.8) is 0 Å². The van der Waals surface area contributed by atoms with E-state index in [0.717, 1.165) is 28.3 Å². The third-order valence-corrected chi connectivity index (χ3v) is 6.78. The number of carbonyl (C=O) groups excluding carboxylic acids is 1. The fourth-order valence-corrected chi connectivity index (χ4v) is 4.81. The number of nitrogens with one attached hydrogen (secondary N) is 1. The Morgan fingerprint density at radius 1 is 1.03 bits per heavy atom. The molecule has 0 aromatic heterocycles. The minimum Gasteiger partial charge on any atom is -0.298 e. The molecule has 1 atom stereocenters. The molecule has 1 N–H and O–H groups in total. The van der Waals surface area contributed by atoms with Crippen LogP contribution in [0, 0.1) is 0 Å². The Hall–Kier alpha value is -2.60. The highest BCUT2D eigenvalue weighted by Gasteiger charge is 2.34. The highest BCUT2D eigenvalue weighted by atomic mass is 32.2. The summed E-state index contributed by atoms with van der Waals surface area (Å²) in [5.74, 6) is 0.829. The number of amides is 1. The van der Waals surface area contributed by atoms with Crippen LogP contribution in [-0.2, 0) is 10.2 Å². The van der Waals surface area contributed by atoms with Gasteiger partial charge < -0.3 is 0 Å². The van der Waals surface area contributed by atoms with Crippen molar-refractivity contribution in [2.45, 2.75) is 65.0 Å². The van der Waals surface area contributed by atoms with Crippen LogP contribution in [-0.4, -0.2) is 21.8 Å². The molecule has 0 saturated heterocycles. The van der Waals surface area contributed by atoms with Gasteiger partial charge in [0, 0.05) is 11.0 Å². The summed E-state index contributed by atoms with van der Waals surface area (Å²) >= 11 is 1.61. The van der Waals surface area contributed by atoms with Crippen molar-refractivity contribution in [1.82, 2.24) is 10.3 Å². The molecule has 2 aliphatic heterocycles. The highest BCUT2D eigenvalue weighted by Crippen LogP contribution is 2.32. The number of nitrogens with zero attached hydrogens (tertiary/aromatic N) is 3. The van der Waals surface area contributed by atoms with Gasteiger partial charge in [0.25, 0.3) is 5.91 Å². The molecule has 0 bridgehead atoms. The molecule has 2 aliphatic rings. The van der Waals surface area contributed by atoms with Gasteiger partial charge in [-0.05, 0) is 29.0 Å². The van der Waals surface area contributed by atoms with Gasteiger partial charge in [-0.15, -0.1) is 5.10 Å². The van der Waals surface area contributed by atoms with Crippen LogP contribution in [0.3, 0.4) is 0 Å². The average molecular weight is 449 g/mol. The number of hydrazone groups is 1. The molecule has 1 amide bonds. The molecule has 0 spiro atoms. The summed E-state index contributed by atoms with van der Waals surface area (Å²) in [6.45, 7) is 8.83. The minimum atomic E-state index is -0.365. The maximum atomic E-state index is 13.2. The minimum absolute atomic E-state index is 0.0802. The van der Waals surface area contributed by atoms with Gasteiger partial charge in [-0.2, -0.15) is 0 Å². The Labute approximate surface area is 194 Å². The van der Waals surface area contributed by atoms with E-state index in [1.807, 2.05) is 29.3 Å². The molecule has 0 radical (unpaired) electrons. The monoisotopic (exact) mass is 448 g/mol. The summed E-state index contributed by atoms with van der Waals surface area (Å²) in [6.07, 6.45) is 4.42. The summed E-state index contributed by atoms with van der Waals surface area (Å²) in [5.41, 5.74) is 2.94. The maximum Gasteiger partial charge on any atom is 0.276 e. The average Bonchev–Trinajstić information content (AvgIpc) is 2.77. The lowest BCUT2D eigenvalue weighted by molar-refractivity contribution is -0.116. The number of benzene rings is 2. The molecule has 32 heavy (non-hydrogen) atoms. The Kier molecular flexibility index (Phi) is 6.70. The van der Waals surface area contributed by atoms with E-state index in [9.17, 15) is 4.79 Å². The smallest absolute Gasteiger partial charge is 0.276 e. The number of unbranched alkanes of at least 4 members (excludes halogenated alkanes) is 3. The fourth-order valence-electron chi connectivity index (χ4n) is 3.96. The third-order valence-electron chi connectivity index (χ3n) is 5.83. The van der Waals surface area contributed by atoms with E-state index in [2.05, 4.69) is 57.3 Å². The van der Waals surface area contributed by atoms with Gasteiger partial charge in [0.1, 0.15) is 5.70 Å². The Morgan fingerprint density at radius 2 is 1.78 bits per heavy atom. The van der Waals surface area contributed by atoms with E-state index in [-0.39, 0.29) is 17.5 Å². The first kappa shape index (κ1) is 22.6. The van der Waals surface area contributed by atoms with Crippen molar-refractivity contribution in [2.24, 2.45) is 10.1 Å². The standard InChI is InChI=1S/C26H32N4OS/c1-5-6-7-10-17-32-25-28-24(31)22-20-11-8-9-12-21(20)27-23(30(22)29-25)18-13-15-19(16-14-18)26(2,3)4/h8-9,11-16,23H,5-7,10,17H2,1-4H3,(H,28,29,31)/t23-/m1/s1. The molecule has 2 aromatic rings. The number of fused-ring (bicyclic) bond motifs is 2. The molecule has 0 saturated carbocycles. The van der Waals surface area contributed by atoms with Crippen LogP contribution >= 0.6 is 11.8 Å². The topological polar surface area (TPSA) is 57.1 Å². The summed E-state index contributed by atoms with van der Waals surface area (Å²) in [7, 11) is 0. The Balaban J connectivity index is 1.70. The zero-order chi connectivity index (χ0) is 22.7. The van der Waals surface area contributed by atoms with Gasteiger partial charge in [0.2, 0.25) is 0 Å². The number of rotatable bonds is 6. The van der Waals surface area contributed by atoms with Crippen molar-refractivity contribution in [2.75, 3.05) is 5.75 Å². The van der Waals surface area contributed by atoms with Gasteiger partial charge >= 0.3 is 0 Å². The zero-order valence-electron chi connectivity index (χ0n) is 19.4. The van der Waals surface area contributed by atoms with Crippen LogP contribution < -0.4 is 15.9 Å². The largest absolute Gasteiger partial charge is 0.298 e. The molecule has 0 unspecified atom stereocenters. The second kappa shape index (κ2) is 9.49. The molecular weight excluding hydrogens is 416 g/mol. The quantitative estimate of drug-likeness (QED) is 0.665. The second-order valence-electron chi connectivity index (χ2n) is 9.35. The molecule has 6 heteroatoms. The second-order valence-corrected chi connectivity index (χ2v) is 10.4. The van der Waals surface area contributed by atoms with Gasteiger partial charge in [0.05, 0.1) is 5.36 Å². The van der Waals surface area contributed by atoms with Crippen molar-refractivity contribution < 1.29 is 4.79 Å². The van der Waals surface area contributed by atoms with E-state index in [0.29, 0.717) is 10.9 Å². The van der Waals surface area contributed by atoms with Crippen molar-refractivity contribution >= 4 is 28.5 Å². The van der Waals surface area contributed by atoms with Gasteiger partial charge in [-0.3, -0.25) is 15.1 Å². The Bertz CT molecular complexity index is 1130. The lowest BCUT2D eigenvalue weighted by Crippen LogP contribution is -2.50. The molecule has 2 heterocycles. The summed E-state index contributed by atoms with van der Waals surface area (Å²) < 4.78 is 0. The van der Waals surface area contributed by atoms with E-state index in [4.69, 9.17) is 10.1 Å². The van der Waals surface area contributed by atoms with Gasteiger partial charge in [-0.1, -0.05) is 101 Å². The van der Waals surface area contributed by atoms with E-state index >= 15 is 0 Å². The first-order valence-corrected chi connectivity index (χ1v) is 12.5. The van der Waals surface area contributed by atoms with Crippen LogP contribution in [0.2, 0.25) is 0 Å². The van der Waals surface area contributed by atoms with Crippen molar-refractivity contribution in [1.29, 1.82) is 0 Å². The van der Waals surface area contributed by atoms with Gasteiger partial charge in [-0.25, -0.2) is 5.01 Å². The number of para-hydroxylation sites is 1. The van der Waals surface area contributed by atoms with Crippen molar-refractivity contribution in [3.8, 4) is 0 Å².